The zero-order valence-corrected chi connectivity index (χ0v) is 15.0. The van der Waals surface area contributed by atoms with E-state index in [0.29, 0.717) is 36.3 Å². The van der Waals surface area contributed by atoms with Crippen LogP contribution in [0.15, 0.2) is 24.4 Å². The number of aromatic nitrogens is 4. The molecular weight excluding hydrogens is 354 g/mol. The number of imidazole rings is 1. The molecule has 9 heteroatoms. The number of benzene rings is 1. The molecule has 0 aliphatic carbocycles. The van der Waals surface area contributed by atoms with Gasteiger partial charge in [-0.25, -0.2) is 18.7 Å². The molecule has 1 fully saturated rings. The molecule has 27 heavy (non-hydrogen) atoms. The van der Waals surface area contributed by atoms with E-state index in [1.54, 1.807) is 6.20 Å². The van der Waals surface area contributed by atoms with Gasteiger partial charge in [-0.1, -0.05) is 6.07 Å². The predicted molar refractivity (Wildman–Crippen MR) is 98.2 cm³/mol. The summed E-state index contributed by atoms with van der Waals surface area (Å²) >= 11 is 0. The molecule has 1 aromatic carbocycles. The van der Waals surface area contributed by atoms with Crippen LogP contribution in [-0.4, -0.2) is 38.8 Å². The van der Waals surface area contributed by atoms with Crippen molar-refractivity contribution in [1.29, 1.82) is 0 Å². The Labute approximate surface area is 154 Å². The lowest BCUT2D eigenvalue weighted by Gasteiger charge is -2.16. The summed E-state index contributed by atoms with van der Waals surface area (Å²) in [5, 5.41) is 5.95. The Kier molecular flexibility index (Phi) is 4.61. The van der Waals surface area contributed by atoms with Crippen molar-refractivity contribution in [2.24, 2.45) is 0 Å². The maximum atomic E-state index is 14.1. The van der Waals surface area contributed by atoms with Crippen molar-refractivity contribution in [3.8, 4) is 0 Å². The van der Waals surface area contributed by atoms with Crippen LogP contribution in [-0.2, 0) is 4.74 Å². The molecule has 142 valence electrons. The Balaban J connectivity index is 1.82. The van der Waals surface area contributed by atoms with Crippen molar-refractivity contribution in [2.45, 2.75) is 32.4 Å². The quantitative estimate of drug-likeness (QED) is 0.710. The van der Waals surface area contributed by atoms with E-state index in [1.807, 2.05) is 18.4 Å². The molecule has 4 rings (SSSR count). The van der Waals surface area contributed by atoms with Gasteiger partial charge in [-0.3, -0.25) is 4.57 Å². The molecule has 2 aromatic heterocycles. The SMILES string of the molecule is CC(C)Nc1ncc2nc(Nc3c(F)cccc3F)n([C@@H]3CCOC3)c2n1. The summed E-state index contributed by atoms with van der Waals surface area (Å²) in [5.74, 6) is -0.601. The van der Waals surface area contributed by atoms with Crippen molar-refractivity contribution in [3.63, 3.8) is 0 Å². The molecule has 7 nitrogen and oxygen atoms in total. The lowest BCUT2D eigenvalue weighted by molar-refractivity contribution is 0.187. The van der Waals surface area contributed by atoms with Crippen LogP contribution in [0.1, 0.15) is 26.3 Å². The Bertz CT molecular complexity index is 948. The number of anilines is 3. The van der Waals surface area contributed by atoms with Crippen molar-refractivity contribution in [3.05, 3.63) is 36.0 Å². The van der Waals surface area contributed by atoms with Crippen LogP contribution in [0.4, 0.5) is 26.4 Å². The van der Waals surface area contributed by atoms with E-state index >= 15 is 0 Å². The van der Waals surface area contributed by atoms with Gasteiger partial charge in [0.05, 0.1) is 18.8 Å². The van der Waals surface area contributed by atoms with Gasteiger partial charge in [0.1, 0.15) is 22.8 Å². The number of hydrogen-bond donors (Lipinski definition) is 2. The predicted octanol–water partition coefficient (Wildman–Crippen LogP) is 3.63. The number of para-hydroxylation sites is 1. The first-order valence-corrected chi connectivity index (χ1v) is 8.83. The molecule has 0 unspecified atom stereocenters. The smallest absolute Gasteiger partial charge is 0.224 e. The maximum Gasteiger partial charge on any atom is 0.224 e. The van der Waals surface area contributed by atoms with Crippen LogP contribution in [0.3, 0.4) is 0 Å². The van der Waals surface area contributed by atoms with Gasteiger partial charge in [0.15, 0.2) is 5.65 Å². The molecule has 1 aliphatic rings. The summed E-state index contributed by atoms with van der Waals surface area (Å²) in [7, 11) is 0. The van der Waals surface area contributed by atoms with Crippen molar-refractivity contribution in [2.75, 3.05) is 23.8 Å². The summed E-state index contributed by atoms with van der Waals surface area (Å²) in [6.07, 6.45) is 2.36. The van der Waals surface area contributed by atoms with Gasteiger partial charge >= 0.3 is 0 Å². The third-order valence-corrected chi connectivity index (χ3v) is 4.32. The highest BCUT2D eigenvalue weighted by atomic mass is 19.1. The van der Waals surface area contributed by atoms with Crippen molar-refractivity contribution >= 4 is 28.7 Å². The fourth-order valence-electron chi connectivity index (χ4n) is 3.11. The monoisotopic (exact) mass is 374 g/mol. The maximum absolute atomic E-state index is 14.1. The summed E-state index contributed by atoms with van der Waals surface area (Å²) in [4.78, 5) is 13.3. The molecule has 3 aromatic rings. The Hall–Kier alpha value is -2.81. The number of ether oxygens (including phenoxy) is 1. The number of nitrogens with zero attached hydrogens (tertiary/aromatic N) is 4. The van der Waals surface area contributed by atoms with Gasteiger partial charge in [0, 0.05) is 12.6 Å². The number of halogens is 2. The van der Waals surface area contributed by atoms with E-state index in [-0.39, 0.29) is 17.8 Å². The highest BCUT2D eigenvalue weighted by molar-refractivity contribution is 5.76. The fraction of sp³-hybridized carbons (Fsp3) is 0.389. The largest absolute Gasteiger partial charge is 0.379 e. The molecule has 1 atom stereocenters. The second-order valence-corrected chi connectivity index (χ2v) is 6.75. The van der Waals surface area contributed by atoms with E-state index in [9.17, 15) is 8.78 Å². The minimum atomic E-state index is -0.690. The number of fused-ring (bicyclic) bond motifs is 1. The van der Waals surface area contributed by atoms with Crippen molar-refractivity contribution in [1.82, 2.24) is 19.5 Å². The summed E-state index contributed by atoms with van der Waals surface area (Å²) < 4.78 is 35.5. The van der Waals surface area contributed by atoms with Gasteiger partial charge in [-0.2, -0.15) is 4.98 Å². The van der Waals surface area contributed by atoms with E-state index in [0.717, 1.165) is 6.42 Å². The Morgan fingerprint density at radius 3 is 2.67 bits per heavy atom. The second-order valence-electron chi connectivity index (χ2n) is 6.75. The molecule has 0 radical (unpaired) electrons. The summed E-state index contributed by atoms with van der Waals surface area (Å²) in [6, 6.07) is 3.84. The molecule has 0 amide bonds. The van der Waals surface area contributed by atoms with Gasteiger partial charge in [-0.05, 0) is 32.4 Å². The van der Waals surface area contributed by atoms with Crippen LogP contribution < -0.4 is 10.6 Å². The Morgan fingerprint density at radius 2 is 2.00 bits per heavy atom. The summed E-state index contributed by atoms with van der Waals surface area (Å²) in [5.41, 5.74) is 0.875. The molecule has 1 aliphatic heterocycles. The highest BCUT2D eigenvalue weighted by Crippen LogP contribution is 2.31. The molecule has 2 N–H and O–H groups in total. The van der Waals surface area contributed by atoms with E-state index < -0.39 is 11.6 Å². The van der Waals surface area contributed by atoms with Crippen molar-refractivity contribution < 1.29 is 13.5 Å². The molecular formula is C18H20F2N6O. The summed E-state index contributed by atoms with van der Waals surface area (Å²) in [6.45, 7) is 5.07. The lowest BCUT2D eigenvalue weighted by Crippen LogP contribution is -2.15. The minimum Gasteiger partial charge on any atom is -0.379 e. The second kappa shape index (κ2) is 7.07. The fourth-order valence-corrected chi connectivity index (χ4v) is 3.11. The van der Waals surface area contributed by atoms with Gasteiger partial charge < -0.3 is 15.4 Å². The molecule has 0 saturated carbocycles. The third kappa shape index (κ3) is 3.42. The molecule has 3 heterocycles. The normalized spacial score (nSPS) is 17.0. The van der Waals surface area contributed by atoms with Crippen LogP contribution >= 0.6 is 0 Å². The van der Waals surface area contributed by atoms with E-state index in [1.165, 1.54) is 18.2 Å². The number of hydrogen-bond acceptors (Lipinski definition) is 6. The standard InChI is InChI=1S/C18H20F2N6O/c1-10(2)22-17-21-8-14-16(25-17)26(11-6-7-27-9-11)18(23-14)24-15-12(19)4-3-5-13(15)20/h3-5,8,10-11H,6-7,9H2,1-2H3,(H,23,24)(H,21,22,25)/t11-/m1/s1. The van der Waals surface area contributed by atoms with Crippen LogP contribution in [0.2, 0.25) is 0 Å². The molecule has 0 bridgehead atoms. The third-order valence-electron chi connectivity index (χ3n) is 4.32. The van der Waals surface area contributed by atoms with Gasteiger partial charge in [0.2, 0.25) is 11.9 Å². The zero-order chi connectivity index (χ0) is 19.0. The van der Waals surface area contributed by atoms with Gasteiger partial charge in [-0.15, -0.1) is 0 Å². The van der Waals surface area contributed by atoms with Crippen LogP contribution in [0.25, 0.3) is 11.2 Å². The topological polar surface area (TPSA) is 76.9 Å². The first kappa shape index (κ1) is 17.6. The highest BCUT2D eigenvalue weighted by Gasteiger charge is 2.25. The Morgan fingerprint density at radius 1 is 1.22 bits per heavy atom. The average Bonchev–Trinajstić information content (AvgIpc) is 3.24. The van der Waals surface area contributed by atoms with E-state index in [4.69, 9.17) is 4.74 Å². The number of nitrogens with one attached hydrogen (secondary N) is 2. The zero-order valence-electron chi connectivity index (χ0n) is 15.0. The molecule has 0 spiro atoms. The first-order chi connectivity index (χ1) is 13.0. The number of rotatable bonds is 5. The lowest BCUT2D eigenvalue weighted by atomic mass is 10.2. The first-order valence-electron chi connectivity index (χ1n) is 8.83. The average molecular weight is 374 g/mol. The van der Waals surface area contributed by atoms with Crippen LogP contribution in [0.5, 0.6) is 0 Å². The van der Waals surface area contributed by atoms with E-state index in [2.05, 4.69) is 25.6 Å². The molecule has 1 saturated heterocycles. The van der Waals surface area contributed by atoms with Gasteiger partial charge in [0.25, 0.3) is 0 Å². The minimum absolute atomic E-state index is 0.0332. The van der Waals surface area contributed by atoms with Crippen LogP contribution in [0, 0.1) is 11.6 Å².